The van der Waals surface area contributed by atoms with Crippen LogP contribution in [0.5, 0.6) is 0 Å². The van der Waals surface area contributed by atoms with Crippen LogP contribution in [0.15, 0.2) is 22.1 Å². The summed E-state index contributed by atoms with van der Waals surface area (Å²) in [6.07, 6.45) is 5.55. The molecular weight excluding hydrogens is 412 g/mol. The lowest BCUT2D eigenvalue weighted by Crippen LogP contribution is -2.49. The minimum absolute atomic E-state index is 0.0818. The number of rotatable bonds is 4. The molecule has 4 heterocycles. The second-order valence-electron chi connectivity index (χ2n) is 8.98. The van der Waals surface area contributed by atoms with Crippen LogP contribution in [0, 0.1) is 0 Å². The number of hydrogen-bond acceptors (Lipinski definition) is 7. The molecule has 1 amide bonds. The lowest BCUT2D eigenvalue weighted by Gasteiger charge is -2.35. The van der Waals surface area contributed by atoms with Crippen LogP contribution >= 0.6 is 11.8 Å². The first kappa shape index (κ1) is 19.3. The largest absolute Gasteiger partial charge is 0.352 e. The third-order valence-corrected chi connectivity index (χ3v) is 8.00. The molecule has 6 rings (SSSR count). The van der Waals surface area contributed by atoms with Crippen molar-refractivity contribution in [2.45, 2.75) is 55.6 Å². The summed E-state index contributed by atoms with van der Waals surface area (Å²) in [5.74, 6) is 2.38. The second kappa shape index (κ2) is 7.62. The Kier molecular flexibility index (Phi) is 4.74. The molecule has 1 atom stereocenters. The number of amides is 1. The molecule has 2 aromatic rings. The predicted octanol–water partition coefficient (Wildman–Crippen LogP) is 1.79. The third kappa shape index (κ3) is 3.52. The van der Waals surface area contributed by atoms with Gasteiger partial charge in [0.25, 0.3) is 5.56 Å². The van der Waals surface area contributed by atoms with Crippen molar-refractivity contribution < 1.29 is 4.79 Å². The average Bonchev–Trinajstić information content (AvgIpc) is 3.41. The van der Waals surface area contributed by atoms with Crippen molar-refractivity contribution in [1.29, 1.82) is 0 Å². The van der Waals surface area contributed by atoms with Gasteiger partial charge in [0.05, 0.1) is 17.4 Å². The van der Waals surface area contributed by atoms with Crippen LogP contribution in [0.1, 0.15) is 54.6 Å². The van der Waals surface area contributed by atoms with Crippen LogP contribution in [0.3, 0.4) is 0 Å². The molecule has 0 radical (unpaired) electrons. The molecule has 162 valence electrons. The molecule has 0 aromatic carbocycles. The summed E-state index contributed by atoms with van der Waals surface area (Å²) in [5, 5.41) is 9.58. The van der Waals surface area contributed by atoms with Crippen LogP contribution in [0.25, 0.3) is 0 Å². The Balaban J connectivity index is 1.09. The molecule has 0 N–H and O–H groups in total. The van der Waals surface area contributed by atoms with Crippen LogP contribution in [0.2, 0.25) is 0 Å². The number of aromatic nitrogens is 4. The number of aryl methyl sites for hydroxylation is 1. The van der Waals surface area contributed by atoms with Gasteiger partial charge in [-0.3, -0.25) is 14.2 Å². The fraction of sp³-hybridized carbons (Fsp3) is 0.591. The fourth-order valence-corrected chi connectivity index (χ4v) is 6.07. The van der Waals surface area contributed by atoms with E-state index in [1.165, 1.54) is 12.8 Å². The van der Waals surface area contributed by atoms with Gasteiger partial charge in [-0.25, -0.2) is 4.98 Å². The number of hydrogen-bond donors (Lipinski definition) is 0. The molecule has 1 unspecified atom stereocenters. The minimum Gasteiger partial charge on any atom is -0.352 e. The highest BCUT2D eigenvalue weighted by Gasteiger charge is 2.33. The zero-order valence-electron chi connectivity index (χ0n) is 17.5. The van der Waals surface area contributed by atoms with Crippen molar-refractivity contribution in [3.8, 4) is 0 Å². The molecule has 1 saturated heterocycles. The quantitative estimate of drug-likeness (QED) is 0.673. The van der Waals surface area contributed by atoms with Gasteiger partial charge in [-0.05, 0) is 44.2 Å². The normalized spacial score (nSPS) is 22.5. The Labute approximate surface area is 185 Å². The second-order valence-corrected chi connectivity index (χ2v) is 9.96. The van der Waals surface area contributed by atoms with Gasteiger partial charge in [0.2, 0.25) is 5.91 Å². The van der Waals surface area contributed by atoms with Crippen LogP contribution < -0.4 is 10.5 Å². The van der Waals surface area contributed by atoms with E-state index in [4.69, 9.17) is 4.98 Å². The molecule has 2 aliphatic heterocycles. The van der Waals surface area contributed by atoms with Gasteiger partial charge >= 0.3 is 0 Å². The first-order chi connectivity index (χ1) is 15.2. The molecule has 0 spiro atoms. The van der Waals surface area contributed by atoms with Gasteiger partial charge in [-0.2, -0.15) is 5.10 Å². The highest BCUT2D eigenvalue weighted by atomic mass is 32.2. The van der Waals surface area contributed by atoms with E-state index >= 15 is 0 Å². The minimum atomic E-state index is -0.0859. The first-order valence-electron chi connectivity index (χ1n) is 11.3. The van der Waals surface area contributed by atoms with Crippen molar-refractivity contribution in [3.63, 3.8) is 0 Å². The van der Waals surface area contributed by atoms with Crippen LogP contribution in [-0.4, -0.2) is 62.5 Å². The van der Waals surface area contributed by atoms with Crippen molar-refractivity contribution >= 4 is 23.5 Å². The summed E-state index contributed by atoms with van der Waals surface area (Å²) in [6.45, 7) is 2.87. The topological polar surface area (TPSA) is 84.2 Å². The van der Waals surface area contributed by atoms with Crippen molar-refractivity contribution in [2.75, 3.05) is 36.8 Å². The Morgan fingerprint density at radius 3 is 2.68 bits per heavy atom. The molecule has 2 aromatic heterocycles. The van der Waals surface area contributed by atoms with E-state index in [0.717, 1.165) is 66.0 Å². The third-order valence-electron chi connectivity index (χ3n) is 6.91. The molecule has 9 heteroatoms. The van der Waals surface area contributed by atoms with Gasteiger partial charge in [0.1, 0.15) is 0 Å². The molecular formula is C22H26N6O2S. The lowest BCUT2D eigenvalue weighted by molar-refractivity contribution is -0.132. The molecule has 31 heavy (non-hydrogen) atoms. The summed E-state index contributed by atoms with van der Waals surface area (Å²) in [4.78, 5) is 34.8. The molecule has 0 bridgehead atoms. The molecule has 2 aliphatic carbocycles. The fourth-order valence-electron chi connectivity index (χ4n) is 4.92. The van der Waals surface area contributed by atoms with E-state index in [1.807, 2.05) is 4.90 Å². The summed E-state index contributed by atoms with van der Waals surface area (Å²) in [5.41, 5.74) is 3.02. The lowest BCUT2D eigenvalue weighted by atomic mass is 10.1. The number of thioether (sulfide) groups is 1. The Bertz CT molecular complexity index is 1070. The number of anilines is 1. The smallest absolute Gasteiger partial charge is 0.257 e. The number of carbonyl (C=O) groups excluding carboxylic acids is 1. The van der Waals surface area contributed by atoms with Crippen molar-refractivity contribution in [2.24, 2.45) is 0 Å². The predicted molar refractivity (Wildman–Crippen MR) is 118 cm³/mol. The van der Waals surface area contributed by atoms with Gasteiger partial charge in [0.15, 0.2) is 11.0 Å². The monoisotopic (exact) mass is 438 g/mol. The summed E-state index contributed by atoms with van der Waals surface area (Å²) < 4.78 is 1.79. The summed E-state index contributed by atoms with van der Waals surface area (Å²) in [6, 6.07) is 4.06. The first-order valence-corrected chi connectivity index (χ1v) is 12.3. The summed E-state index contributed by atoms with van der Waals surface area (Å²) >= 11 is 1.61. The molecule has 2 fully saturated rings. The van der Waals surface area contributed by atoms with E-state index in [-0.39, 0.29) is 17.5 Å². The summed E-state index contributed by atoms with van der Waals surface area (Å²) in [7, 11) is 0. The maximum atomic E-state index is 13.0. The average molecular weight is 439 g/mol. The molecule has 8 nitrogen and oxygen atoms in total. The van der Waals surface area contributed by atoms with Crippen molar-refractivity contribution in [3.05, 3.63) is 39.4 Å². The van der Waals surface area contributed by atoms with Gasteiger partial charge in [0, 0.05) is 49.8 Å². The molecule has 4 aliphatic rings. The number of fused-ring (bicyclic) bond motifs is 2. The Morgan fingerprint density at radius 2 is 1.94 bits per heavy atom. The highest BCUT2D eigenvalue weighted by molar-refractivity contribution is 7.99. The SMILES string of the molecule is O=C(CC1CSc2nc3c(c(=O)n21)CCC3)N1CCN(c2ccc(C3CC3)nn2)CC1. The Hall–Kier alpha value is -2.42. The van der Waals surface area contributed by atoms with Gasteiger partial charge in [-0.1, -0.05) is 11.8 Å². The highest BCUT2D eigenvalue weighted by Crippen LogP contribution is 2.39. The Morgan fingerprint density at radius 1 is 1.10 bits per heavy atom. The number of nitrogens with zero attached hydrogens (tertiary/aromatic N) is 6. The van der Waals surface area contributed by atoms with Gasteiger partial charge in [-0.15, -0.1) is 5.10 Å². The van der Waals surface area contributed by atoms with E-state index < -0.39 is 0 Å². The van der Waals surface area contributed by atoms with E-state index in [2.05, 4.69) is 27.2 Å². The van der Waals surface area contributed by atoms with Crippen molar-refractivity contribution in [1.82, 2.24) is 24.6 Å². The maximum Gasteiger partial charge on any atom is 0.257 e. The standard InChI is InChI=1S/C22H26N6O2S/c29-20(12-15-13-31-22-23-18-3-1-2-16(18)21(30)28(15)22)27-10-8-26(9-11-27)19-7-6-17(24-25-19)14-4-5-14/h6-7,14-15H,1-5,8-13H2. The van der Waals surface area contributed by atoms with Crippen LogP contribution in [-0.2, 0) is 17.6 Å². The number of piperazine rings is 1. The zero-order chi connectivity index (χ0) is 20.9. The van der Waals surface area contributed by atoms with E-state index in [9.17, 15) is 9.59 Å². The van der Waals surface area contributed by atoms with E-state index in [0.29, 0.717) is 25.4 Å². The maximum absolute atomic E-state index is 13.0. The number of carbonyl (C=O) groups is 1. The van der Waals surface area contributed by atoms with E-state index in [1.54, 1.807) is 16.3 Å². The van der Waals surface area contributed by atoms with Gasteiger partial charge < -0.3 is 9.80 Å². The molecule has 1 saturated carbocycles. The van der Waals surface area contributed by atoms with Crippen LogP contribution in [0.4, 0.5) is 5.82 Å². The zero-order valence-corrected chi connectivity index (χ0v) is 18.3.